The van der Waals surface area contributed by atoms with Gasteiger partial charge in [-0.3, -0.25) is 9.48 Å². The molecular formula is C30H41F2N7O3. The fraction of sp³-hybridized carbons (Fsp3) is 0.600. The van der Waals surface area contributed by atoms with Crippen molar-refractivity contribution in [2.24, 2.45) is 5.92 Å². The first-order chi connectivity index (χ1) is 20.0. The summed E-state index contributed by atoms with van der Waals surface area (Å²) in [4.78, 5) is 30.3. The van der Waals surface area contributed by atoms with E-state index >= 15 is 0 Å². The highest BCUT2D eigenvalue weighted by atomic mass is 19.3. The van der Waals surface area contributed by atoms with Crippen LogP contribution in [0.5, 0.6) is 0 Å². The van der Waals surface area contributed by atoms with Crippen LogP contribution in [-0.2, 0) is 9.53 Å². The lowest BCUT2D eigenvalue weighted by Gasteiger charge is -2.38. The topological polar surface area (TPSA) is 88.2 Å². The molecule has 3 aliphatic rings. The zero-order chi connectivity index (χ0) is 30.2. The van der Waals surface area contributed by atoms with Gasteiger partial charge in [-0.25, -0.2) is 18.1 Å². The van der Waals surface area contributed by atoms with Crippen LogP contribution in [0.3, 0.4) is 0 Å². The van der Waals surface area contributed by atoms with Gasteiger partial charge in [0.25, 0.3) is 5.92 Å². The maximum Gasteiger partial charge on any atom is 0.410 e. The van der Waals surface area contributed by atoms with Crippen LogP contribution < -0.4 is 4.90 Å². The molecule has 0 aromatic carbocycles. The Labute approximate surface area is 245 Å². The van der Waals surface area contributed by atoms with E-state index in [1.54, 1.807) is 39.4 Å². The molecule has 1 aliphatic carbocycles. The van der Waals surface area contributed by atoms with Gasteiger partial charge < -0.3 is 19.4 Å². The number of likely N-dealkylation sites (tertiary alicyclic amines) is 1. The minimum atomic E-state index is -3.05. The lowest BCUT2D eigenvalue weighted by atomic mass is 10.0. The van der Waals surface area contributed by atoms with E-state index in [1.807, 2.05) is 41.6 Å². The van der Waals surface area contributed by atoms with Crippen molar-refractivity contribution in [1.29, 1.82) is 0 Å². The SMILES string of the molecule is CC.CC(C)(C)OC(=O)N1CC(n2cc(-c3cc4c(N5CCN(C(=O)C6CC6)CC5)ccnn4c3)cn2)CC(F)(F)C1. The van der Waals surface area contributed by atoms with Gasteiger partial charge in [-0.05, 0) is 45.7 Å². The fourth-order valence-electron chi connectivity index (χ4n) is 5.58. The molecular weight excluding hydrogens is 544 g/mol. The summed E-state index contributed by atoms with van der Waals surface area (Å²) in [5.74, 6) is -2.54. The van der Waals surface area contributed by atoms with Crippen LogP contribution >= 0.6 is 0 Å². The third-order valence-electron chi connectivity index (χ3n) is 7.69. The molecule has 228 valence electrons. The van der Waals surface area contributed by atoms with Crippen LogP contribution in [0.2, 0.25) is 0 Å². The number of carbonyl (C=O) groups is 2. The van der Waals surface area contributed by atoms with Crippen LogP contribution in [0.15, 0.2) is 36.9 Å². The Hall–Kier alpha value is -3.70. The number of anilines is 1. The highest BCUT2D eigenvalue weighted by Gasteiger charge is 2.44. The van der Waals surface area contributed by atoms with E-state index in [0.29, 0.717) is 13.1 Å². The Morgan fingerprint density at radius 3 is 2.38 bits per heavy atom. The lowest BCUT2D eigenvalue weighted by Crippen LogP contribution is -2.51. The van der Waals surface area contributed by atoms with Gasteiger partial charge in [0.2, 0.25) is 5.91 Å². The third-order valence-corrected chi connectivity index (χ3v) is 7.69. The molecule has 1 unspecified atom stereocenters. The first kappa shape index (κ1) is 29.8. The number of amides is 2. The van der Waals surface area contributed by atoms with Crippen molar-refractivity contribution >= 4 is 23.2 Å². The standard InChI is InChI=1S/C28H35F2N7O3.C2H6/c1-27(2,3)40-26(39)35-17-22(13-28(29,30)18-35)36-16-21(14-32-36)20-12-24-23(6-7-31-37(24)15-20)33-8-10-34(11-9-33)25(38)19-4-5-19;1-2/h6-7,12,14-16,19,22H,4-5,8-11,13,17-18H2,1-3H3;1-2H3. The summed E-state index contributed by atoms with van der Waals surface area (Å²) < 4.78 is 38.0. The number of fused-ring (bicyclic) bond motifs is 1. The van der Waals surface area contributed by atoms with E-state index in [0.717, 1.165) is 53.2 Å². The maximum absolute atomic E-state index is 14.7. The zero-order valence-corrected chi connectivity index (χ0v) is 25.1. The van der Waals surface area contributed by atoms with Gasteiger partial charge in [-0.15, -0.1) is 0 Å². The van der Waals surface area contributed by atoms with Gasteiger partial charge in [0.05, 0.1) is 30.0 Å². The van der Waals surface area contributed by atoms with Crippen LogP contribution in [-0.4, -0.2) is 92.0 Å². The molecule has 3 aromatic heterocycles. The van der Waals surface area contributed by atoms with Crippen LogP contribution in [0.4, 0.5) is 19.3 Å². The second-order valence-corrected chi connectivity index (χ2v) is 12.1. The number of carbonyl (C=O) groups excluding carboxylic acids is 2. The molecule has 12 heteroatoms. The van der Waals surface area contributed by atoms with E-state index in [1.165, 1.54) is 4.68 Å². The van der Waals surface area contributed by atoms with Crippen LogP contribution in [0.25, 0.3) is 16.6 Å². The molecule has 6 rings (SSSR count). The number of piperidine rings is 1. The summed E-state index contributed by atoms with van der Waals surface area (Å²) in [7, 11) is 0. The number of hydrogen-bond acceptors (Lipinski definition) is 6. The van der Waals surface area contributed by atoms with Crippen molar-refractivity contribution in [3.8, 4) is 11.1 Å². The third kappa shape index (κ3) is 6.52. The maximum atomic E-state index is 14.7. The Bertz CT molecular complexity index is 1420. The summed E-state index contributed by atoms with van der Waals surface area (Å²) in [6.45, 7) is 11.5. The Morgan fingerprint density at radius 1 is 1.00 bits per heavy atom. The molecule has 2 amide bonds. The largest absolute Gasteiger partial charge is 0.444 e. The number of ether oxygens (including phenoxy) is 1. The molecule has 0 N–H and O–H groups in total. The summed E-state index contributed by atoms with van der Waals surface area (Å²) in [6, 6.07) is 3.31. The second-order valence-electron chi connectivity index (χ2n) is 12.1. The minimum absolute atomic E-state index is 0.0876. The number of nitrogens with zero attached hydrogens (tertiary/aromatic N) is 7. The summed E-state index contributed by atoms with van der Waals surface area (Å²) in [6.07, 6.45) is 7.92. The molecule has 1 saturated carbocycles. The van der Waals surface area contributed by atoms with E-state index in [2.05, 4.69) is 15.1 Å². The number of rotatable bonds is 4. The molecule has 42 heavy (non-hydrogen) atoms. The van der Waals surface area contributed by atoms with Crippen LogP contribution in [0, 0.1) is 5.92 Å². The molecule has 10 nitrogen and oxygen atoms in total. The van der Waals surface area contributed by atoms with Gasteiger partial charge in [0, 0.05) is 74.8 Å². The molecule has 0 radical (unpaired) electrons. The minimum Gasteiger partial charge on any atom is -0.444 e. The summed E-state index contributed by atoms with van der Waals surface area (Å²) >= 11 is 0. The normalized spacial score (nSPS) is 20.7. The lowest BCUT2D eigenvalue weighted by molar-refractivity contribution is -0.132. The van der Waals surface area contributed by atoms with Gasteiger partial charge in [-0.1, -0.05) is 13.8 Å². The molecule has 2 aliphatic heterocycles. The second kappa shape index (κ2) is 11.5. The number of hydrogen-bond donors (Lipinski definition) is 0. The average molecular weight is 586 g/mol. The summed E-state index contributed by atoms with van der Waals surface area (Å²) in [5, 5.41) is 8.88. The Balaban J connectivity index is 0.00000173. The first-order valence-corrected chi connectivity index (χ1v) is 14.9. The molecule has 1 atom stereocenters. The quantitative estimate of drug-likeness (QED) is 0.424. The van der Waals surface area contributed by atoms with Crippen molar-refractivity contribution in [2.45, 2.75) is 71.4 Å². The number of halogens is 2. The van der Waals surface area contributed by atoms with E-state index < -0.39 is 36.6 Å². The highest BCUT2D eigenvalue weighted by Crippen LogP contribution is 2.36. The first-order valence-electron chi connectivity index (χ1n) is 14.9. The van der Waals surface area contributed by atoms with Crippen molar-refractivity contribution < 1.29 is 23.1 Å². The van der Waals surface area contributed by atoms with Crippen molar-refractivity contribution in [3.05, 3.63) is 36.9 Å². The number of aromatic nitrogens is 4. The van der Waals surface area contributed by atoms with Gasteiger partial charge in [0.15, 0.2) is 0 Å². The van der Waals surface area contributed by atoms with Gasteiger partial charge in [0.1, 0.15) is 5.60 Å². The van der Waals surface area contributed by atoms with E-state index in [9.17, 15) is 18.4 Å². The molecule has 0 bridgehead atoms. The smallest absolute Gasteiger partial charge is 0.410 e. The molecule has 0 spiro atoms. The number of piperazine rings is 1. The molecule has 5 heterocycles. The fourth-order valence-corrected chi connectivity index (χ4v) is 5.58. The average Bonchev–Trinajstić information content (AvgIpc) is 3.50. The van der Waals surface area contributed by atoms with E-state index in [-0.39, 0.29) is 18.4 Å². The van der Waals surface area contributed by atoms with Crippen molar-refractivity contribution in [3.63, 3.8) is 0 Å². The molecule has 3 fully saturated rings. The van der Waals surface area contributed by atoms with Crippen molar-refractivity contribution in [1.82, 2.24) is 29.2 Å². The Morgan fingerprint density at radius 2 is 1.71 bits per heavy atom. The number of alkyl halides is 2. The zero-order valence-electron chi connectivity index (χ0n) is 25.1. The van der Waals surface area contributed by atoms with Gasteiger partial charge in [-0.2, -0.15) is 10.2 Å². The van der Waals surface area contributed by atoms with Crippen LogP contribution in [0.1, 0.15) is 59.9 Å². The van der Waals surface area contributed by atoms with Crippen molar-refractivity contribution in [2.75, 3.05) is 44.2 Å². The molecule has 2 saturated heterocycles. The van der Waals surface area contributed by atoms with E-state index in [4.69, 9.17) is 4.74 Å². The summed E-state index contributed by atoms with van der Waals surface area (Å²) in [5.41, 5.74) is 2.82. The molecule has 3 aromatic rings. The Kier molecular flexibility index (Phi) is 8.17. The predicted octanol–water partition coefficient (Wildman–Crippen LogP) is 5.10. The predicted molar refractivity (Wildman–Crippen MR) is 156 cm³/mol. The monoisotopic (exact) mass is 585 g/mol. The van der Waals surface area contributed by atoms with Gasteiger partial charge >= 0.3 is 6.09 Å². The highest BCUT2D eigenvalue weighted by molar-refractivity contribution is 5.82.